The van der Waals surface area contributed by atoms with E-state index in [9.17, 15) is 4.79 Å². The highest BCUT2D eigenvalue weighted by Crippen LogP contribution is 2.31. The van der Waals surface area contributed by atoms with Crippen LogP contribution >= 0.6 is 11.3 Å². The van der Waals surface area contributed by atoms with Gasteiger partial charge in [-0.25, -0.2) is 4.98 Å². The highest BCUT2D eigenvalue weighted by Gasteiger charge is 2.26. The van der Waals surface area contributed by atoms with Crippen molar-refractivity contribution in [1.29, 1.82) is 0 Å². The molecule has 32 heavy (non-hydrogen) atoms. The Morgan fingerprint density at radius 2 is 1.84 bits per heavy atom. The minimum atomic E-state index is 0.00181. The molecule has 1 aliphatic heterocycles. The molecule has 2 aromatic carbocycles. The van der Waals surface area contributed by atoms with Crippen molar-refractivity contribution >= 4 is 22.9 Å². The lowest BCUT2D eigenvalue weighted by Gasteiger charge is -2.30. The largest absolute Gasteiger partial charge is 0.494 e. The summed E-state index contributed by atoms with van der Waals surface area (Å²) >= 11 is 1.68. The number of amides is 1. The lowest BCUT2D eigenvalue weighted by molar-refractivity contribution is -0.121. The molecule has 0 spiro atoms. The molecule has 7 heteroatoms. The zero-order valence-corrected chi connectivity index (χ0v) is 19.4. The Bertz CT molecular complexity index is 1030. The van der Waals surface area contributed by atoms with E-state index < -0.39 is 0 Å². The van der Waals surface area contributed by atoms with Crippen molar-refractivity contribution in [2.24, 2.45) is 5.92 Å². The number of ether oxygens (including phenoxy) is 2. The summed E-state index contributed by atoms with van der Waals surface area (Å²) in [5.74, 6) is 2.18. The van der Waals surface area contributed by atoms with Crippen LogP contribution in [-0.2, 0) is 11.3 Å². The third-order valence-electron chi connectivity index (χ3n) is 5.52. The second-order valence-electron chi connectivity index (χ2n) is 7.90. The molecule has 0 bridgehead atoms. The lowest BCUT2D eigenvalue weighted by atomic mass is 9.95. The number of anilines is 1. The van der Waals surface area contributed by atoms with Gasteiger partial charge in [-0.05, 0) is 76.2 Å². The van der Waals surface area contributed by atoms with Crippen molar-refractivity contribution in [1.82, 2.24) is 9.88 Å². The standard InChI is InChI=1S/C25H29N3O3S/c1-3-30-21-8-10-22(11-9-21)31-24-7-5-4-6-23(24)27-25(29)19-12-14-28(15-13-19)16-20-17-32-18(2)26-20/h4-11,17,19H,3,12-16H2,1-2H3,(H,27,29). The molecule has 1 N–H and O–H groups in total. The molecule has 1 aliphatic rings. The Kier molecular flexibility index (Phi) is 7.39. The Morgan fingerprint density at radius 1 is 1.12 bits per heavy atom. The summed E-state index contributed by atoms with van der Waals surface area (Å²) in [6.45, 7) is 7.27. The zero-order valence-electron chi connectivity index (χ0n) is 18.5. The van der Waals surface area contributed by atoms with Crippen molar-refractivity contribution in [3.05, 3.63) is 64.6 Å². The summed E-state index contributed by atoms with van der Waals surface area (Å²) in [4.78, 5) is 19.9. The van der Waals surface area contributed by atoms with Gasteiger partial charge in [0, 0.05) is 17.8 Å². The Balaban J connectivity index is 1.32. The monoisotopic (exact) mass is 451 g/mol. The highest BCUT2D eigenvalue weighted by molar-refractivity contribution is 7.09. The SMILES string of the molecule is CCOc1ccc(Oc2ccccc2NC(=O)C2CCN(Cc3csc(C)n3)CC2)cc1. The fraction of sp³-hybridized carbons (Fsp3) is 0.360. The van der Waals surface area contributed by atoms with E-state index in [0.29, 0.717) is 23.8 Å². The smallest absolute Gasteiger partial charge is 0.227 e. The van der Waals surface area contributed by atoms with Gasteiger partial charge in [-0.15, -0.1) is 11.3 Å². The summed E-state index contributed by atoms with van der Waals surface area (Å²) in [7, 11) is 0. The van der Waals surface area contributed by atoms with Crippen LogP contribution in [0.5, 0.6) is 17.2 Å². The van der Waals surface area contributed by atoms with E-state index in [0.717, 1.165) is 48.9 Å². The molecule has 4 rings (SSSR count). The number of likely N-dealkylation sites (tertiary alicyclic amines) is 1. The van der Waals surface area contributed by atoms with Crippen molar-refractivity contribution in [3.63, 3.8) is 0 Å². The molecule has 0 atom stereocenters. The van der Waals surface area contributed by atoms with Crippen molar-refractivity contribution < 1.29 is 14.3 Å². The molecule has 1 amide bonds. The number of aryl methyl sites for hydroxylation is 1. The Hall–Kier alpha value is -2.90. The van der Waals surface area contributed by atoms with Crippen LogP contribution in [0.15, 0.2) is 53.9 Å². The average Bonchev–Trinajstić information content (AvgIpc) is 3.21. The first kappa shape index (κ1) is 22.3. The molecule has 0 unspecified atom stereocenters. The van der Waals surface area contributed by atoms with E-state index in [1.165, 1.54) is 0 Å². The number of nitrogens with one attached hydrogen (secondary N) is 1. The van der Waals surface area contributed by atoms with Crippen molar-refractivity contribution in [3.8, 4) is 17.2 Å². The second-order valence-corrected chi connectivity index (χ2v) is 8.96. The topological polar surface area (TPSA) is 63.7 Å². The molecule has 1 saturated heterocycles. The number of hydrogen-bond acceptors (Lipinski definition) is 6. The van der Waals surface area contributed by atoms with Gasteiger partial charge in [-0.2, -0.15) is 0 Å². The van der Waals surface area contributed by atoms with Crippen LogP contribution < -0.4 is 14.8 Å². The third kappa shape index (κ3) is 5.87. The van der Waals surface area contributed by atoms with Crippen molar-refractivity contribution in [2.75, 3.05) is 25.0 Å². The maximum absolute atomic E-state index is 12.9. The predicted octanol–water partition coefficient (Wildman–Crippen LogP) is 5.49. The van der Waals surface area contributed by atoms with E-state index in [1.807, 2.05) is 62.4 Å². The maximum Gasteiger partial charge on any atom is 0.227 e. The summed E-state index contributed by atoms with van der Waals surface area (Å²) in [6.07, 6.45) is 1.69. The highest BCUT2D eigenvalue weighted by atomic mass is 32.1. The maximum atomic E-state index is 12.9. The third-order valence-corrected chi connectivity index (χ3v) is 6.34. The molecule has 0 aliphatic carbocycles. The van der Waals surface area contributed by atoms with Crippen LogP contribution in [0.25, 0.3) is 0 Å². The Morgan fingerprint density at radius 3 is 2.53 bits per heavy atom. The first-order valence-electron chi connectivity index (χ1n) is 11.0. The minimum Gasteiger partial charge on any atom is -0.494 e. The van der Waals surface area contributed by atoms with E-state index in [4.69, 9.17) is 9.47 Å². The fourth-order valence-electron chi connectivity index (χ4n) is 3.85. The number of hydrogen-bond donors (Lipinski definition) is 1. The number of nitrogens with zero attached hydrogens (tertiary/aromatic N) is 2. The van der Waals surface area contributed by atoms with Gasteiger partial charge in [-0.1, -0.05) is 12.1 Å². The molecular weight excluding hydrogens is 422 g/mol. The van der Waals surface area contributed by atoms with Crippen LogP contribution in [0.1, 0.15) is 30.5 Å². The molecule has 168 valence electrons. The average molecular weight is 452 g/mol. The Labute approximate surface area is 193 Å². The first-order valence-corrected chi connectivity index (χ1v) is 11.9. The van der Waals surface area contributed by atoms with Gasteiger partial charge in [-0.3, -0.25) is 9.69 Å². The van der Waals surface area contributed by atoms with Crippen LogP contribution in [-0.4, -0.2) is 35.5 Å². The molecule has 1 aromatic heterocycles. The molecular formula is C25H29N3O3S. The predicted molar refractivity (Wildman–Crippen MR) is 128 cm³/mol. The molecule has 3 aromatic rings. The number of para-hydroxylation sites is 2. The van der Waals surface area contributed by atoms with Gasteiger partial charge < -0.3 is 14.8 Å². The second kappa shape index (κ2) is 10.6. The molecule has 0 radical (unpaired) electrons. The van der Waals surface area contributed by atoms with Gasteiger partial charge >= 0.3 is 0 Å². The fourth-order valence-corrected chi connectivity index (χ4v) is 4.46. The zero-order chi connectivity index (χ0) is 22.3. The van der Waals surface area contributed by atoms with Crippen LogP contribution in [0.4, 0.5) is 5.69 Å². The molecule has 6 nitrogen and oxygen atoms in total. The van der Waals surface area contributed by atoms with Gasteiger partial charge in [0.05, 0.1) is 23.0 Å². The summed E-state index contributed by atoms with van der Waals surface area (Å²) in [5, 5.41) is 6.30. The van der Waals surface area contributed by atoms with Gasteiger partial charge in [0.1, 0.15) is 11.5 Å². The number of thiazole rings is 1. The number of aromatic nitrogens is 1. The number of rotatable bonds is 8. The summed E-state index contributed by atoms with van der Waals surface area (Å²) < 4.78 is 11.5. The van der Waals surface area contributed by atoms with Gasteiger partial charge in [0.25, 0.3) is 0 Å². The first-order chi connectivity index (χ1) is 15.6. The normalized spacial score (nSPS) is 14.8. The number of carbonyl (C=O) groups excluding carboxylic acids is 1. The molecule has 0 saturated carbocycles. The van der Waals surface area contributed by atoms with E-state index >= 15 is 0 Å². The van der Waals surface area contributed by atoms with E-state index in [1.54, 1.807) is 11.3 Å². The molecule has 1 fully saturated rings. The van der Waals surface area contributed by atoms with Crippen LogP contribution in [0.2, 0.25) is 0 Å². The van der Waals surface area contributed by atoms with E-state index in [-0.39, 0.29) is 11.8 Å². The quantitative estimate of drug-likeness (QED) is 0.490. The minimum absolute atomic E-state index is 0.00181. The summed E-state index contributed by atoms with van der Waals surface area (Å²) in [5.41, 5.74) is 1.81. The van der Waals surface area contributed by atoms with E-state index in [2.05, 4.69) is 20.6 Å². The number of piperidine rings is 1. The van der Waals surface area contributed by atoms with Gasteiger partial charge in [0.2, 0.25) is 5.91 Å². The molecule has 2 heterocycles. The van der Waals surface area contributed by atoms with Crippen LogP contribution in [0.3, 0.4) is 0 Å². The van der Waals surface area contributed by atoms with Crippen LogP contribution in [0, 0.1) is 12.8 Å². The number of benzene rings is 2. The van der Waals surface area contributed by atoms with Gasteiger partial charge in [0.15, 0.2) is 5.75 Å². The lowest BCUT2D eigenvalue weighted by Crippen LogP contribution is -2.37. The van der Waals surface area contributed by atoms with Crippen molar-refractivity contribution in [2.45, 2.75) is 33.2 Å². The number of carbonyl (C=O) groups is 1. The summed E-state index contributed by atoms with van der Waals surface area (Å²) in [6, 6.07) is 15.0.